The van der Waals surface area contributed by atoms with Gasteiger partial charge in [0.05, 0.1) is 35.5 Å². The fourth-order valence-corrected chi connectivity index (χ4v) is 5.58. The standard InChI is InChI=1S/C26H31Cl2N3O3/c1-25(2)12-15(13-26(3,4)31-25)29-24(32)17-10-22(33-5)16(9-23(17)34-6)21-8-14-7-18(27)19(28)11-20(14)30-21/h7-11,15,30-31H,12-13H2,1-6H3,(H,29,32). The van der Waals surface area contributed by atoms with Crippen LogP contribution in [0.25, 0.3) is 22.2 Å². The lowest BCUT2D eigenvalue weighted by molar-refractivity contribution is 0.0870. The molecule has 1 amide bonds. The molecule has 1 aliphatic heterocycles. The molecule has 0 spiro atoms. The summed E-state index contributed by atoms with van der Waals surface area (Å²) >= 11 is 12.4. The number of piperidine rings is 1. The smallest absolute Gasteiger partial charge is 0.255 e. The van der Waals surface area contributed by atoms with Crippen molar-refractivity contribution in [3.63, 3.8) is 0 Å². The van der Waals surface area contributed by atoms with E-state index in [2.05, 4.69) is 43.3 Å². The molecule has 8 heteroatoms. The van der Waals surface area contributed by atoms with Crippen molar-refractivity contribution in [2.45, 2.75) is 57.7 Å². The van der Waals surface area contributed by atoms with Crippen molar-refractivity contribution < 1.29 is 14.3 Å². The summed E-state index contributed by atoms with van der Waals surface area (Å²) in [6, 6.07) is 9.15. The van der Waals surface area contributed by atoms with E-state index >= 15 is 0 Å². The van der Waals surface area contributed by atoms with E-state index in [4.69, 9.17) is 32.7 Å². The van der Waals surface area contributed by atoms with Crippen LogP contribution in [0.15, 0.2) is 30.3 Å². The molecule has 0 unspecified atom stereocenters. The highest BCUT2D eigenvalue weighted by Gasteiger charge is 2.38. The van der Waals surface area contributed by atoms with Gasteiger partial charge in [-0.3, -0.25) is 4.79 Å². The Bertz CT molecular complexity index is 1190. The molecular formula is C26H31Cl2N3O3. The number of fused-ring (bicyclic) bond motifs is 1. The Kier molecular flexibility index (Phi) is 6.53. The summed E-state index contributed by atoms with van der Waals surface area (Å²) in [7, 11) is 3.14. The molecule has 4 rings (SSSR count). The molecule has 1 saturated heterocycles. The van der Waals surface area contributed by atoms with Gasteiger partial charge < -0.3 is 25.1 Å². The zero-order valence-electron chi connectivity index (χ0n) is 20.4. The van der Waals surface area contributed by atoms with Gasteiger partial charge in [0.15, 0.2) is 0 Å². The van der Waals surface area contributed by atoms with Gasteiger partial charge in [-0.25, -0.2) is 0 Å². The minimum Gasteiger partial charge on any atom is -0.496 e. The van der Waals surface area contributed by atoms with E-state index in [9.17, 15) is 4.79 Å². The van der Waals surface area contributed by atoms with Gasteiger partial charge in [0.2, 0.25) is 0 Å². The number of H-pyrrole nitrogens is 1. The molecule has 1 fully saturated rings. The van der Waals surface area contributed by atoms with Crippen LogP contribution >= 0.6 is 23.2 Å². The first-order valence-electron chi connectivity index (χ1n) is 11.3. The molecule has 0 bridgehead atoms. The Balaban J connectivity index is 1.68. The average Bonchev–Trinajstić information content (AvgIpc) is 3.13. The number of carbonyl (C=O) groups is 1. The maximum atomic E-state index is 13.3. The molecule has 0 radical (unpaired) electrons. The van der Waals surface area contributed by atoms with Gasteiger partial charge >= 0.3 is 0 Å². The van der Waals surface area contributed by atoms with Crippen LogP contribution < -0.4 is 20.1 Å². The van der Waals surface area contributed by atoms with Crippen molar-refractivity contribution in [2.24, 2.45) is 0 Å². The number of amides is 1. The number of ether oxygens (including phenoxy) is 2. The number of hydrogen-bond donors (Lipinski definition) is 3. The first kappa shape index (κ1) is 24.7. The van der Waals surface area contributed by atoms with Gasteiger partial charge in [-0.2, -0.15) is 0 Å². The quantitative estimate of drug-likeness (QED) is 0.387. The van der Waals surface area contributed by atoms with E-state index in [0.717, 1.165) is 35.0 Å². The minimum absolute atomic E-state index is 0.0392. The molecule has 1 aliphatic rings. The summed E-state index contributed by atoms with van der Waals surface area (Å²) in [5.41, 5.74) is 2.70. The lowest BCUT2D eigenvalue weighted by Gasteiger charge is -2.46. The van der Waals surface area contributed by atoms with Crippen molar-refractivity contribution >= 4 is 40.0 Å². The van der Waals surface area contributed by atoms with Crippen molar-refractivity contribution in [1.82, 2.24) is 15.6 Å². The highest BCUT2D eigenvalue weighted by Crippen LogP contribution is 2.39. The van der Waals surface area contributed by atoms with E-state index in [-0.39, 0.29) is 23.0 Å². The summed E-state index contributed by atoms with van der Waals surface area (Å²) in [5.74, 6) is 0.839. The Labute approximate surface area is 210 Å². The zero-order valence-corrected chi connectivity index (χ0v) is 21.9. The Morgan fingerprint density at radius 1 is 0.941 bits per heavy atom. The van der Waals surface area contributed by atoms with Crippen LogP contribution in [0.2, 0.25) is 10.0 Å². The fourth-order valence-electron chi connectivity index (χ4n) is 5.24. The van der Waals surface area contributed by atoms with Crippen LogP contribution in [0, 0.1) is 0 Å². The molecule has 182 valence electrons. The number of aromatic amines is 1. The third-order valence-corrected chi connectivity index (χ3v) is 6.97. The monoisotopic (exact) mass is 503 g/mol. The normalized spacial score (nSPS) is 17.5. The van der Waals surface area contributed by atoms with Crippen LogP contribution in [-0.4, -0.2) is 42.2 Å². The zero-order chi connectivity index (χ0) is 24.8. The van der Waals surface area contributed by atoms with Crippen molar-refractivity contribution in [1.29, 1.82) is 0 Å². The first-order chi connectivity index (χ1) is 15.9. The van der Waals surface area contributed by atoms with E-state index in [0.29, 0.717) is 27.1 Å². The third kappa shape index (κ3) is 4.99. The minimum atomic E-state index is -0.185. The summed E-state index contributed by atoms with van der Waals surface area (Å²) in [4.78, 5) is 16.7. The molecule has 0 atom stereocenters. The highest BCUT2D eigenvalue weighted by molar-refractivity contribution is 6.42. The van der Waals surface area contributed by atoms with E-state index < -0.39 is 0 Å². The second-order valence-corrected chi connectivity index (χ2v) is 11.1. The second-order valence-electron chi connectivity index (χ2n) is 10.3. The number of aromatic nitrogens is 1. The molecule has 2 heterocycles. The van der Waals surface area contributed by atoms with Crippen LogP contribution in [0.5, 0.6) is 11.5 Å². The van der Waals surface area contributed by atoms with Gasteiger partial charge in [-0.1, -0.05) is 23.2 Å². The van der Waals surface area contributed by atoms with Crippen LogP contribution in [0.4, 0.5) is 0 Å². The molecular weight excluding hydrogens is 473 g/mol. The number of hydrogen-bond acceptors (Lipinski definition) is 4. The molecule has 0 aliphatic carbocycles. The maximum Gasteiger partial charge on any atom is 0.255 e. The van der Waals surface area contributed by atoms with Crippen LogP contribution in [0.3, 0.4) is 0 Å². The van der Waals surface area contributed by atoms with Gasteiger partial charge in [-0.05, 0) is 70.9 Å². The maximum absolute atomic E-state index is 13.3. The largest absolute Gasteiger partial charge is 0.496 e. The third-order valence-electron chi connectivity index (χ3n) is 6.24. The van der Waals surface area contributed by atoms with Gasteiger partial charge in [0.25, 0.3) is 5.91 Å². The van der Waals surface area contributed by atoms with Gasteiger partial charge in [-0.15, -0.1) is 0 Å². The number of halogens is 2. The molecule has 3 aromatic rings. The van der Waals surface area contributed by atoms with Gasteiger partial charge in [0.1, 0.15) is 11.5 Å². The summed E-state index contributed by atoms with van der Waals surface area (Å²) in [6.45, 7) is 8.64. The summed E-state index contributed by atoms with van der Waals surface area (Å²) in [6.07, 6.45) is 1.67. The van der Waals surface area contributed by atoms with Crippen molar-refractivity contribution in [3.05, 3.63) is 45.9 Å². The lowest BCUT2D eigenvalue weighted by Crippen LogP contribution is -2.62. The fraction of sp³-hybridized carbons (Fsp3) is 0.423. The van der Waals surface area contributed by atoms with Crippen LogP contribution in [0.1, 0.15) is 50.9 Å². The summed E-state index contributed by atoms with van der Waals surface area (Å²) < 4.78 is 11.3. The predicted molar refractivity (Wildman–Crippen MR) is 139 cm³/mol. The second kappa shape index (κ2) is 8.99. The topological polar surface area (TPSA) is 75.4 Å². The molecule has 0 saturated carbocycles. The number of carbonyl (C=O) groups excluding carboxylic acids is 1. The molecule has 2 aromatic carbocycles. The average molecular weight is 504 g/mol. The Hall–Kier alpha value is -2.41. The molecule has 1 aromatic heterocycles. The molecule has 3 N–H and O–H groups in total. The number of rotatable bonds is 5. The molecule has 6 nitrogen and oxygen atoms in total. The van der Waals surface area contributed by atoms with E-state index in [1.165, 1.54) is 0 Å². The summed E-state index contributed by atoms with van der Waals surface area (Å²) in [5, 5.41) is 8.74. The Morgan fingerprint density at radius 3 is 2.18 bits per heavy atom. The van der Waals surface area contributed by atoms with E-state index in [1.807, 2.05) is 18.2 Å². The number of nitrogens with one attached hydrogen (secondary N) is 3. The number of methoxy groups -OCH3 is 2. The van der Waals surface area contributed by atoms with Crippen molar-refractivity contribution in [2.75, 3.05) is 14.2 Å². The Morgan fingerprint density at radius 2 is 1.56 bits per heavy atom. The highest BCUT2D eigenvalue weighted by atomic mass is 35.5. The SMILES string of the molecule is COc1cc(-c2cc3cc(Cl)c(Cl)cc3[nH]2)c(OC)cc1C(=O)NC1CC(C)(C)NC(C)(C)C1. The van der Waals surface area contributed by atoms with Crippen LogP contribution in [-0.2, 0) is 0 Å². The molecule has 34 heavy (non-hydrogen) atoms. The first-order valence-corrected chi connectivity index (χ1v) is 12.0. The lowest BCUT2D eigenvalue weighted by atomic mass is 9.79. The number of benzene rings is 2. The van der Waals surface area contributed by atoms with Crippen molar-refractivity contribution in [3.8, 4) is 22.8 Å². The predicted octanol–water partition coefficient (Wildman–Crippen LogP) is 6.20. The van der Waals surface area contributed by atoms with Gasteiger partial charge in [0, 0.05) is 33.6 Å². The van der Waals surface area contributed by atoms with E-state index in [1.54, 1.807) is 26.4 Å².